The van der Waals surface area contributed by atoms with Gasteiger partial charge in [-0.05, 0) is 48.5 Å². The van der Waals surface area contributed by atoms with Crippen LogP contribution in [0.1, 0.15) is 20.7 Å². The summed E-state index contributed by atoms with van der Waals surface area (Å²) in [5.74, 6) is -2.92. The van der Waals surface area contributed by atoms with Crippen molar-refractivity contribution in [3.63, 3.8) is 0 Å². The van der Waals surface area contributed by atoms with Gasteiger partial charge < -0.3 is 15.7 Å². The predicted molar refractivity (Wildman–Crippen MR) is 134 cm³/mol. The van der Waals surface area contributed by atoms with E-state index < -0.39 is 33.8 Å². The van der Waals surface area contributed by atoms with E-state index in [-0.39, 0.29) is 26.7 Å². The molecule has 0 fully saturated rings. The van der Waals surface area contributed by atoms with Crippen molar-refractivity contribution in [2.24, 2.45) is 0 Å². The summed E-state index contributed by atoms with van der Waals surface area (Å²) in [5, 5.41) is 13.4. The van der Waals surface area contributed by atoms with Gasteiger partial charge in [0, 0.05) is 16.3 Å². The lowest BCUT2D eigenvalue weighted by Gasteiger charge is -2.14. The average Bonchev–Trinajstić information content (AvgIpc) is 2.80. The van der Waals surface area contributed by atoms with Crippen LogP contribution in [0.15, 0.2) is 53.4 Å². The van der Waals surface area contributed by atoms with Crippen molar-refractivity contribution >= 4 is 87.3 Å². The number of rotatable bonds is 7. The third-order valence-corrected chi connectivity index (χ3v) is 7.13. The van der Waals surface area contributed by atoms with Crippen molar-refractivity contribution in [3.05, 3.63) is 85.6 Å². The molecule has 0 saturated carbocycles. The highest BCUT2D eigenvalue weighted by Crippen LogP contribution is 2.41. The Kier molecular flexibility index (Phi) is 8.67. The first kappa shape index (κ1) is 26.1. The molecule has 0 radical (unpaired) electrons. The molecule has 3 rings (SSSR count). The Morgan fingerprint density at radius 3 is 1.82 bits per heavy atom. The monoisotopic (exact) mass is 560 g/mol. The minimum atomic E-state index is -1.50. The average molecular weight is 562 g/mol. The molecule has 0 heterocycles. The zero-order valence-electron chi connectivity index (χ0n) is 16.8. The van der Waals surface area contributed by atoms with Crippen LogP contribution in [0.3, 0.4) is 0 Å². The number of hydrogen-bond acceptors (Lipinski definition) is 4. The molecule has 0 saturated heterocycles. The molecule has 3 aromatic carbocycles. The van der Waals surface area contributed by atoms with Crippen molar-refractivity contribution in [2.45, 2.75) is 4.90 Å². The number of benzene rings is 3. The lowest BCUT2D eigenvalue weighted by atomic mass is 10.1. The van der Waals surface area contributed by atoms with Crippen LogP contribution in [0.4, 0.5) is 15.8 Å². The zero-order chi connectivity index (χ0) is 25.0. The molecular weight excluding hydrogens is 549 g/mol. The molecule has 2 amide bonds. The highest BCUT2D eigenvalue weighted by Gasteiger charge is 2.28. The number of carboxylic acid groups (broad SMARTS) is 1. The summed E-state index contributed by atoms with van der Waals surface area (Å²) in [4.78, 5) is 37.2. The fraction of sp³-hybridized carbons (Fsp3) is 0.0455. The van der Waals surface area contributed by atoms with Gasteiger partial charge in [0.25, 0.3) is 5.91 Å². The SMILES string of the molecule is O=C(CSc1ccc(NC(=O)c2c(Cl)c(Cl)c(Cl)c(Cl)c2C(=O)O)cc1)Nc1ccc(F)cc1. The quantitative estimate of drug-likeness (QED) is 0.162. The Hall–Kier alpha value is -2.49. The molecule has 12 heteroatoms. The first-order valence-corrected chi connectivity index (χ1v) is 11.8. The Bertz CT molecular complexity index is 1270. The summed E-state index contributed by atoms with van der Waals surface area (Å²) in [7, 11) is 0. The van der Waals surface area contributed by atoms with Gasteiger partial charge in [-0.2, -0.15) is 0 Å². The number of carbonyl (C=O) groups excluding carboxylic acids is 2. The molecule has 0 aliphatic carbocycles. The highest BCUT2D eigenvalue weighted by atomic mass is 35.5. The minimum Gasteiger partial charge on any atom is -0.478 e. The number of halogens is 5. The second-order valence-corrected chi connectivity index (χ2v) is 9.19. The van der Waals surface area contributed by atoms with Gasteiger partial charge in [-0.1, -0.05) is 46.4 Å². The lowest BCUT2D eigenvalue weighted by Crippen LogP contribution is -2.18. The van der Waals surface area contributed by atoms with E-state index >= 15 is 0 Å². The summed E-state index contributed by atoms with van der Waals surface area (Å²) in [5.41, 5.74) is -0.186. The Labute approximate surface area is 217 Å². The summed E-state index contributed by atoms with van der Waals surface area (Å²) in [6.45, 7) is 0. The molecule has 0 aromatic heterocycles. The number of carboxylic acids is 1. The van der Waals surface area contributed by atoms with E-state index in [1.165, 1.54) is 36.0 Å². The summed E-state index contributed by atoms with van der Waals surface area (Å²) < 4.78 is 12.9. The maximum Gasteiger partial charge on any atom is 0.338 e. The fourth-order valence-electron chi connectivity index (χ4n) is 2.75. The number of amides is 2. The Morgan fingerprint density at radius 2 is 1.26 bits per heavy atom. The van der Waals surface area contributed by atoms with Crippen LogP contribution in [0, 0.1) is 5.82 Å². The third-order valence-electron chi connectivity index (χ3n) is 4.32. The second kappa shape index (κ2) is 11.3. The van der Waals surface area contributed by atoms with Gasteiger partial charge in [-0.25, -0.2) is 9.18 Å². The van der Waals surface area contributed by atoms with Crippen LogP contribution in [-0.2, 0) is 4.79 Å². The van der Waals surface area contributed by atoms with Crippen LogP contribution >= 0.6 is 58.2 Å². The molecule has 0 bridgehead atoms. The molecule has 176 valence electrons. The number of anilines is 2. The van der Waals surface area contributed by atoms with Crippen molar-refractivity contribution in [1.29, 1.82) is 0 Å². The number of hydrogen-bond donors (Lipinski definition) is 3. The summed E-state index contributed by atoms with van der Waals surface area (Å²) in [6, 6.07) is 11.8. The molecule has 0 aliphatic heterocycles. The standard InChI is InChI=1S/C22H13Cl4FN2O4S/c23-17-15(16(22(32)33)18(24)20(26)19(17)25)21(31)29-12-5-7-13(8-6-12)34-9-14(30)28-11-3-1-10(27)2-4-11/h1-8H,9H2,(H,28,30)(H,29,31)(H,32,33). The van der Waals surface area contributed by atoms with Crippen molar-refractivity contribution < 1.29 is 23.9 Å². The van der Waals surface area contributed by atoms with E-state index in [2.05, 4.69) is 10.6 Å². The van der Waals surface area contributed by atoms with Crippen LogP contribution in [0.5, 0.6) is 0 Å². The van der Waals surface area contributed by atoms with Gasteiger partial charge in [0.1, 0.15) is 5.82 Å². The summed E-state index contributed by atoms with van der Waals surface area (Å²) in [6.07, 6.45) is 0. The van der Waals surface area contributed by atoms with Crippen LogP contribution in [0.2, 0.25) is 20.1 Å². The smallest absolute Gasteiger partial charge is 0.338 e. The molecule has 0 unspecified atom stereocenters. The van der Waals surface area contributed by atoms with Crippen molar-refractivity contribution in [2.75, 3.05) is 16.4 Å². The Balaban J connectivity index is 1.67. The highest BCUT2D eigenvalue weighted by molar-refractivity contribution is 8.00. The van der Waals surface area contributed by atoms with E-state index in [0.29, 0.717) is 11.4 Å². The fourth-order valence-corrected chi connectivity index (χ4v) is 4.47. The van der Waals surface area contributed by atoms with Gasteiger partial charge in [0.2, 0.25) is 5.91 Å². The number of aromatic carboxylic acids is 1. The summed E-state index contributed by atoms with van der Waals surface area (Å²) >= 11 is 25.2. The van der Waals surface area contributed by atoms with Gasteiger partial charge >= 0.3 is 5.97 Å². The Morgan fingerprint density at radius 1 is 0.765 bits per heavy atom. The predicted octanol–water partition coefficient (Wildman–Crippen LogP) is 7.12. The van der Waals surface area contributed by atoms with E-state index in [1.54, 1.807) is 24.3 Å². The molecule has 6 nitrogen and oxygen atoms in total. The third kappa shape index (κ3) is 6.14. The van der Waals surface area contributed by atoms with Gasteiger partial charge in [0.05, 0.1) is 37.0 Å². The van der Waals surface area contributed by atoms with Crippen molar-refractivity contribution in [1.82, 2.24) is 0 Å². The van der Waals surface area contributed by atoms with Crippen LogP contribution in [-0.4, -0.2) is 28.6 Å². The molecule has 0 atom stereocenters. The second-order valence-electron chi connectivity index (χ2n) is 6.63. The van der Waals surface area contributed by atoms with Gasteiger partial charge in [-0.15, -0.1) is 11.8 Å². The van der Waals surface area contributed by atoms with Crippen molar-refractivity contribution in [3.8, 4) is 0 Å². The minimum absolute atomic E-state index is 0.0996. The number of carbonyl (C=O) groups is 3. The molecule has 3 N–H and O–H groups in total. The topological polar surface area (TPSA) is 95.5 Å². The molecule has 3 aromatic rings. The van der Waals surface area contributed by atoms with Gasteiger partial charge in [-0.3, -0.25) is 9.59 Å². The van der Waals surface area contributed by atoms with E-state index in [4.69, 9.17) is 46.4 Å². The number of thioether (sulfide) groups is 1. The van der Waals surface area contributed by atoms with E-state index in [9.17, 15) is 23.9 Å². The van der Waals surface area contributed by atoms with E-state index in [0.717, 1.165) is 4.90 Å². The van der Waals surface area contributed by atoms with E-state index in [1.807, 2.05) is 0 Å². The van der Waals surface area contributed by atoms with Crippen LogP contribution in [0.25, 0.3) is 0 Å². The molecular formula is C22H13Cl4FN2O4S. The van der Waals surface area contributed by atoms with Crippen LogP contribution < -0.4 is 10.6 Å². The first-order valence-electron chi connectivity index (χ1n) is 9.27. The first-order chi connectivity index (χ1) is 16.1. The maximum atomic E-state index is 12.9. The normalized spacial score (nSPS) is 10.6. The molecule has 34 heavy (non-hydrogen) atoms. The molecule has 0 spiro atoms. The number of nitrogens with one attached hydrogen (secondary N) is 2. The largest absolute Gasteiger partial charge is 0.478 e. The molecule has 0 aliphatic rings. The lowest BCUT2D eigenvalue weighted by molar-refractivity contribution is -0.113. The van der Waals surface area contributed by atoms with Gasteiger partial charge in [0.15, 0.2) is 0 Å². The maximum absolute atomic E-state index is 12.9. The zero-order valence-corrected chi connectivity index (χ0v) is 20.6.